The van der Waals surface area contributed by atoms with Gasteiger partial charge in [0.15, 0.2) is 0 Å². The van der Waals surface area contributed by atoms with Crippen molar-refractivity contribution in [3.05, 3.63) is 29.6 Å². The van der Waals surface area contributed by atoms with Gasteiger partial charge in [-0.05, 0) is 59.7 Å². The van der Waals surface area contributed by atoms with Gasteiger partial charge < -0.3 is 10.1 Å². The Morgan fingerprint density at radius 1 is 1.18 bits per heavy atom. The predicted molar refractivity (Wildman–Crippen MR) is 119 cm³/mol. The molecular formula is C23H29F3N4O4. The van der Waals surface area contributed by atoms with Crippen molar-refractivity contribution < 1.29 is 32.3 Å². The largest absolute Gasteiger partial charge is 0.444 e. The van der Waals surface area contributed by atoms with E-state index in [1.54, 1.807) is 34.6 Å². The van der Waals surface area contributed by atoms with Gasteiger partial charge in [-0.3, -0.25) is 19.8 Å². The molecule has 8 nitrogen and oxygen atoms in total. The maximum atomic E-state index is 15.1. The lowest BCUT2D eigenvalue weighted by molar-refractivity contribution is -0.140. The quantitative estimate of drug-likeness (QED) is 0.680. The summed E-state index contributed by atoms with van der Waals surface area (Å²) in [7, 11) is 1.42. The van der Waals surface area contributed by atoms with Gasteiger partial charge in [0.05, 0.1) is 5.41 Å². The van der Waals surface area contributed by atoms with Gasteiger partial charge >= 0.3 is 6.09 Å². The van der Waals surface area contributed by atoms with E-state index in [1.807, 2.05) is 0 Å². The summed E-state index contributed by atoms with van der Waals surface area (Å²) in [5.74, 6) is -6.67. The highest BCUT2D eigenvalue weighted by Crippen LogP contribution is 2.50. The summed E-state index contributed by atoms with van der Waals surface area (Å²) >= 11 is 0. The Labute approximate surface area is 195 Å². The van der Waals surface area contributed by atoms with Crippen LogP contribution >= 0.6 is 0 Å². The summed E-state index contributed by atoms with van der Waals surface area (Å²) in [4.78, 5) is 43.3. The first-order chi connectivity index (χ1) is 15.4. The van der Waals surface area contributed by atoms with E-state index in [1.165, 1.54) is 26.1 Å². The van der Waals surface area contributed by atoms with Crippen molar-refractivity contribution in [3.8, 4) is 0 Å². The number of nitrogens with one attached hydrogen (secondary N) is 2. The van der Waals surface area contributed by atoms with Crippen LogP contribution in [0.3, 0.4) is 0 Å². The number of anilines is 1. The number of nitrogens with zero attached hydrogens (tertiary/aromatic N) is 2. The van der Waals surface area contributed by atoms with Crippen LogP contribution in [0.4, 0.5) is 23.7 Å². The van der Waals surface area contributed by atoms with E-state index in [4.69, 9.17) is 4.74 Å². The van der Waals surface area contributed by atoms with Crippen molar-refractivity contribution in [2.24, 2.45) is 16.3 Å². The Hall–Kier alpha value is -3.11. The zero-order valence-corrected chi connectivity index (χ0v) is 20.2. The Balaban J connectivity index is 2.01. The SMILES string of the molecule is CN1C(=O)C(C)(C)[C@@](C)(c2cc(NC(=O)[C@@H]3CC3(F)F)ccc2F)N=C1NC(=O)OC(C)(C)C. The molecule has 1 heterocycles. The van der Waals surface area contributed by atoms with E-state index < -0.39 is 58.5 Å². The molecule has 0 radical (unpaired) electrons. The number of amides is 3. The Bertz CT molecular complexity index is 1080. The fraction of sp³-hybridized carbons (Fsp3) is 0.565. The van der Waals surface area contributed by atoms with Gasteiger partial charge in [-0.2, -0.15) is 0 Å². The topological polar surface area (TPSA) is 100 Å². The molecule has 0 bridgehead atoms. The highest BCUT2D eigenvalue weighted by molar-refractivity contribution is 6.07. The fourth-order valence-corrected chi connectivity index (χ4v) is 3.76. The maximum Gasteiger partial charge on any atom is 0.414 e. The van der Waals surface area contributed by atoms with Crippen LogP contribution in [0.25, 0.3) is 0 Å². The van der Waals surface area contributed by atoms with Gasteiger partial charge in [-0.25, -0.2) is 23.0 Å². The zero-order chi connectivity index (χ0) is 25.9. The van der Waals surface area contributed by atoms with Crippen molar-refractivity contribution >= 4 is 29.6 Å². The minimum absolute atomic E-state index is 0.0530. The zero-order valence-electron chi connectivity index (χ0n) is 20.2. The average molecular weight is 483 g/mol. The van der Waals surface area contributed by atoms with Crippen LogP contribution in [0.1, 0.15) is 53.5 Å². The molecule has 2 atom stereocenters. The molecule has 1 fully saturated rings. The van der Waals surface area contributed by atoms with Crippen molar-refractivity contribution in [1.29, 1.82) is 0 Å². The number of guanidine groups is 1. The molecule has 1 aromatic rings. The third kappa shape index (κ3) is 4.60. The summed E-state index contributed by atoms with van der Waals surface area (Å²) < 4.78 is 46.8. The van der Waals surface area contributed by atoms with Gasteiger partial charge in [-0.1, -0.05) is 0 Å². The number of halogens is 3. The summed E-state index contributed by atoms with van der Waals surface area (Å²) in [6.45, 7) is 9.69. The van der Waals surface area contributed by atoms with E-state index in [-0.39, 0.29) is 17.2 Å². The van der Waals surface area contributed by atoms with Crippen LogP contribution < -0.4 is 10.6 Å². The Kier molecular flexibility index (Phi) is 5.99. The number of benzene rings is 1. The first-order valence-electron chi connectivity index (χ1n) is 10.8. The number of rotatable bonds is 3. The summed E-state index contributed by atoms with van der Waals surface area (Å²) in [6.07, 6.45) is -1.39. The van der Waals surface area contributed by atoms with Crippen LogP contribution in [-0.2, 0) is 19.9 Å². The summed E-state index contributed by atoms with van der Waals surface area (Å²) in [6, 6.07) is 3.58. The van der Waals surface area contributed by atoms with Gasteiger partial charge in [0, 0.05) is 24.7 Å². The van der Waals surface area contributed by atoms with Crippen LogP contribution in [0.2, 0.25) is 0 Å². The molecule has 2 aliphatic rings. The standard InChI is InChI=1S/C23H29F3N4O4/c1-20(2,3)34-19(33)28-18-29-22(6,21(4,5)17(32)30(18)7)13-10-12(8-9-15(13)24)27-16(31)14-11-23(14,25)26/h8-10,14H,11H2,1-7H3,(H,27,31)(H,28,29,33)/t14-,22+/m0/s1. The van der Waals surface area contributed by atoms with Gasteiger partial charge in [0.1, 0.15) is 22.9 Å². The van der Waals surface area contributed by atoms with Crippen LogP contribution in [0.5, 0.6) is 0 Å². The number of alkyl carbamates (subject to hydrolysis) is 1. The molecule has 11 heteroatoms. The van der Waals surface area contributed by atoms with E-state index >= 15 is 4.39 Å². The lowest BCUT2D eigenvalue weighted by Crippen LogP contribution is -2.60. The third-order valence-electron chi connectivity index (χ3n) is 6.22. The summed E-state index contributed by atoms with van der Waals surface area (Å²) in [5, 5.41) is 4.82. The smallest absolute Gasteiger partial charge is 0.414 e. The predicted octanol–water partition coefficient (Wildman–Crippen LogP) is 4.01. The molecule has 0 saturated heterocycles. The minimum atomic E-state index is -3.05. The van der Waals surface area contributed by atoms with Gasteiger partial charge in [0.2, 0.25) is 17.8 Å². The monoisotopic (exact) mass is 482 g/mol. The molecule has 0 spiro atoms. The highest BCUT2D eigenvalue weighted by Gasteiger charge is 2.61. The van der Waals surface area contributed by atoms with Crippen molar-refractivity contribution in [3.63, 3.8) is 0 Å². The first kappa shape index (κ1) is 25.5. The molecule has 0 aromatic heterocycles. The third-order valence-corrected chi connectivity index (χ3v) is 6.22. The second-order valence-electron chi connectivity index (χ2n) is 10.3. The highest BCUT2D eigenvalue weighted by atomic mass is 19.3. The van der Waals surface area contributed by atoms with Gasteiger partial charge in [0.25, 0.3) is 5.92 Å². The molecule has 3 rings (SSSR count). The van der Waals surface area contributed by atoms with E-state index in [0.29, 0.717) is 0 Å². The lowest BCUT2D eigenvalue weighted by atomic mass is 9.67. The number of hydrogen-bond acceptors (Lipinski definition) is 5. The van der Waals surface area contributed by atoms with E-state index in [0.717, 1.165) is 11.0 Å². The molecule has 2 N–H and O–H groups in total. The number of alkyl halides is 2. The molecule has 34 heavy (non-hydrogen) atoms. The van der Waals surface area contributed by atoms with E-state index in [2.05, 4.69) is 15.6 Å². The number of carbonyl (C=O) groups excluding carboxylic acids is 3. The molecular weight excluding hydrogens is 453 g/mol. The molecule has 186 valence electrons. The minimum Gasteiger partial charge on any atom is -0.444 e. The van der Waals surface area contributed by atoms with Crippen LogP contribution in [0, 0.1) is 17.2 Å². The number of ether oxygens (including phenoxy) is 1. The van der Waals surface area contributed by atoms with Crippen molar-refractivity contribution in [1.82, 2.24) is 10.2 Å². The Morgan fingerprint density at radius 3 is 2.29 bits per heavy atom. The van der Waals surface area contributed by atoms with Gasteiger partial charge in [-0.15, -0.1) is 0 Å². The second kappa shape index (κ2) is 7.99. The molecule has 1 aliphatic heterocycles. The second-order valence-corrected chi connectivity index (χ2v) is 10.3. The maximum absolute atomic E-state index is 15.1. The molecule has 1 saturated carbocycles. The Morgan fingerprint density at radius 2 is 1.76 bits per heavy atom. The van der Waals surface area contributed by atoms with Crippen molar-refractivity contribution in [2.45, 2.75) is 65.0 Å². The van der Waals surface area contributed by atoms with Crippen LogP contribution in [0.15, 0.2) is 23.2 Å². The normalized spacial score (nSPS) is 25.4. The van der Waals surface area contributed by atoms with Crippen molar-refractivity contribution in [2.75, 3.05) is 12.4 Å². The first-order valence-corrected chi connectivity index (χ1v) is 10.8. The fourth-order valence-electron chi connectivity index (χ4n) is 3.76. The molecule has 3 amide bonds. The molecule has 0 unspecified atom stereocenters. The summed E-state index contributed by atoms with van der Waals surface area (Å²) in [5.41, 5.74) is -3.59. The number of hydrogen-bond donors (Lipinski definition) is 2. The number of aliphatic imine (C=N–C) groups is 1. The van der Waals surface area contributed by atoms with E-state index in [9.17, 15) is 23.2 Å². The van der Waals surface area contributed by atoms with Crippen LogP contribution in [-0.4, -0.2) is 47.3 Å². The number of carbonyl (C=O) groups is 3. The lowest BCUT2D eigenvalue weighted by Gasteiger charge is -2.46. The average Bonchev–Trinajstić information content (AvgIpc) is 3.33. The molecule has 1 aromatic carbocycles. The molecule has 1 aliphatic carbocycles.